The molecule has 0 radical (unpaired) electrons. The number of hydrogen-bond acceptors (Lipinski definition) is 4. The quantitative estimate of drug-likeness (QED) is 0.418. The third-order valence-corrected chi connectivity index (χ3v) is 5.49. The molecule has 1 aliphatic heterocycles. The van der Waals surface area contributed by atoms with Gasteiger partial charge in [-0.3, -0.25) is 0 Å². The number of benzene rings is 1. The average Bonchev–Trinajstić information content (AvgIpc) is 2.66. The van der Waals surface area contributed by atoms with E-state index in [9.17, 15) is 0 Å². The molecule has 2 heterocycles. The van der Waals surface area contributed by atoms with Crippen LogP contribution in [0.5, 0.6) is 0 Å². The molecule has 0 amide bonds. The maximum Gasteiger partial charge on any atom is 0.225 e. The van der Waals surface area contributed by atoms with Crippen LogP contribution in [0, 0.1) is 6.92 Å². The molecule has 0 unspecified atom stereocenters. The Hall–Kier alpha value is -1.90. The summed E-state index contributed by atoms with van der Waals surface area (Å²) in [5.41, 5.74) is 9.13. The molecular weight excluding hydrogens is 451 g/mol. The van der Waals surface area contributed by atoms with Crippen LogP contribution in [0.1, 0.15) is 29.9 Å². The zero-order valence-corrected chi connectivity index (χ0v) is 18.0. The van der Waals surface area contributed by atoms with Crippen LogP contribution in [-0.2, 0) is 0 Å². The van der Waals surface area contributed by atoms with E-state index in [-0.39, 0.29) is 24.0 Å². The van der Waals surface area contributed by atoms with Crippen molar-refractivity contribution in [1.82, 2.24) is 14.9 Å². The van der Waals surface area contributed by atoms with Crippen molar-refractivity contribution in [3.63, 3.8) is 0 Å². The Bertz CT molecular complexity index is 767. The highest BCUT2D eigenvalue weighted by atomic mass is 127. The first-order valence-corrected chi connectivity index (χ1v) is 9.36. The minimum absolute atomic E-state index is 0. The Labute approximate surface area is 177 Å². The number of rotatable bonds is 3. The maximum atomic E-state index is 6.28. The van der Waals surface area contributed by atoms with Crippen molar-refractivity contribution in [2.75, 3.05) is 31.1 Å². The molecule has 2 N–H and O–H groups in total. The SMILES string of the molecule is Cc1ccccc1C1CC(N=C(N)N2CCN(c3ncccn3)CC2)C1.I. The van der Waals surface area contributed by atoms with Crippen molar-refractivity contribution < 1.29 is 0 Å². The van der Waals surface area contributed by atoms with E-state index >= 15 is 0 Å². The van der Waals surface area contributed by atoms with Gasteiger partial charge in [0.1, 0.15) is 0 Å². The lowest BCUT2D eigenvalue weighted by molar-refractivity contribution is 0.336. The van der Waals surface area contributed by atoms with Crippen molar-refractivity contribution in [3.8, 4) is 0 Å². The summed E-state index contributed by atoms with van der Waals surface area (Å²) in [4.78, 5) is 17.8. The Kier molecular flexibility index (Phi) is 6.51. The average molecular weight is 478 g/mol. The molecule has 2 fully saturated rings. The van der Waals surface area contributed by atoms with Crippen LogP contribution in [0.4, 0.5) is 5.95 Å². The van der Waals surface area contributed by atoms with E-state index in [1.54, 1.807) is 12.4 Å². The number of piperazine rings is 1. The fourth-order valence-corrected chi connectivity index (χ4v) is 3.85. The third-order valence-electron chi connectivity index (χ3n) is 5.49. The van der Waals surface area contributed by atoms with Gasteiger partial charge in [-0.15, -0.1) is 24.0 Å². The summed E-state index contributed by atoms with van der Waals surface area (Å²) in [5.74, 6) is 2.11. The van der Waals surface area contributed by atoms with E-state index < -0.39 is 0 Å². The van der Waals surface area contributed by atoms with Crippen LogP contribution in [0.15, 0.2) is 47.7 Å². The lowest BCUT2D eigenvalue weighted by Crippen LogP contribution is -2.52. The van der Waals surface area contributed by atoms with E-state index in [0.29, 0.717) is 17.9 Å². The molecular formula is C20H27IN6. The largest absolute Gasteiger partial charge is 0.370 e. The highest BCUT2D eigenvalue weighted by Crippen LogP contribution is 2.40. The minimum Gasteiger partial charge on any atom is -0.370 e. The summed E-state index contributed by atoms with van der Waals surface area (Å²) in [6.07, 6.45) is 5.77. The fourth-order valence-electron chi connectivity index (χ4n) is 3.85. The fraction of sp³-hybridized carbons (Fsp3) is 0.450. The molecule has 1 aromatic heterocycles. The first kappa shape index (κ1) is 19.9. The number of halogens is 1. The molecule has 1 saturated carbocycles. The van der Waals surface area contributed by atoms with Gasteiger partial charge >= 0.3 is 0 Å². The van der Waals surface area contributed by atoms with Crippen LogP contribution in [0.2, 0.25) is 0 Å². The lowest BCUT2D eigenvalue weighted by atomic mass is 9.75. The standard InChI is InChI=1S/C20H26N6.HI/c1-15-5-2-3-6-18(15)16-13-17(14-16)24-19(21)25-9-11-26(12-10-25)20-22-7-4-8-23-20;/h2-8,16-17H,9-14H2,1H3,(H2,21,24);1H. The van der Waals surface area contributed by atoms with Gasteiger partial charge in [0.15, 0.2) is 5.96 Å². The van der Waals surface area contributed by atoms with Crippen molar-refractivity contribution >= 4 is 35.9 Å². The number of hydrogen-bond donors (Lipinski definition) is 1. The molecule has 1 aromatic carbocycles. The smallest absolute Gasteiger partial charge is 0.225 e. The maximum absolute atomic E-state index is 6.28. The summed E-state index contributed by atoms with van der Waals surface area (Å²) in [7, 11) is 0. The van der Waals surface area contributed by atoms with Crippen LogP contribution in [-0.4, -0.2) is 53.0 Å². The molecule has 6 nitrogen and oxygen atoms in total. The van der Waals surface area contributed by atoms with Gasteiger partial charge in [0, 0.05) is 38.6 Å². The molecule has 4 rings (SSSR count). The van der Waals surface area contributed by atoms with Gasteiger partial charge in [0.05, 0.1) is 6.04 Å². The number of nitrogens with two attached hydrogens (primary N) is 1. The van der Waals surface area contributed by atoms with Gasteiger partial charge in [0.2, 0.25) is 5.95 Å². The predicted octanol–water partition coefficient (Wildman–Crippen LogP) is 2.79. The zero-order valence-electron chi connectivity index (χ0n) is 15.7. The summed E-state index contributed by atoms with van der Waals surface area (Å²) < 4.78 is 0. The third kappa shape index (κ3) is 4.51. The molecule has 27 heavy (non-hydrogen) atoms. The summed E-state index contributed by atoms with van der Waals surface area (Å²) in [6.45, 7) is 5.66. The zero-order chi connectivity index (χ0) is 17.9. The van der Waals surface area contributed by atoms with Gasteiger partial charge in [-0.1, -0.05) is 24.3 Å². The first-order valence-electron chi connectivity index (χ1n) is 9.36. The van der Waals surface area contributed by atoms with Crippen LogP contribution in [0.25, 0.3) is 0 Å². The molecule has 2 aromatic rings. The molecule has 144 valence electrons. The number of aryl methyl sites for hydroxylation is 1. The molecule has 1 aliphatic carbocycles. The second kappa shape index (κ2) is 8.86. The van der Waals surface area contributed by atoms with Gasteiger partial charge in [0.25, 0.3) is 0 Å². The van der Waals surface area contributed by atoms with E-state index in [2.05, 4.69) is 51.0 Å². The van der Waals surface area contributed by atoms with Crippen LogP contribution < -0.4 is 10.6 Å². The summed E-state index contributed by atoms with van der Waals surface area (Å²) >= 11 is 0. The lowest BCUT2D eigenvalue weighted by Gasteiger charge is -2.37. The highest BCUT2D eigenvalue weighted by molar-refractivity contribution is 14.0. The van der Waals surface area contributed by atoms with Crippen molar-refractivity contribution in [1.29, 1.82) is 0 Å². The van der Waals surface area contributed by atoms with Crippen molar-refractivity contribution in [3.05, 3.63) is 53.9 Å². The topological polar surface area (TPSA) is 70.6 Å². The molecule has 0 spiro atoms. The van der Waals surface area contributed by atoms with Gasteiger partial charge < -0.3 is 15.5 Å². The van der Waals surface area contributed by atoms with E-state index in [1.807, 2.05) is 6.07 Å². The Morgan fingerprint density at radius 3 is 2.37 bits per heavy atom. The Morgan fingerprint density at radius 2 is 1.70 bits per heavy atom. The van der Waals surface area contributed by atoms with Gasteiger partial charge in [-0.05, 0) is 42.9 Å². The van der Waals surface area contributed by atoms with Crippen LogP contribution in [0.3, 0.4) is 0 Å². The first-order chi connectivity index (χ1) is 12.7. The number of nitrogens with zero attached hydrogens (tertiary/aromatic N) is 5. The number of guanidine groups is 1. The number of aliphatic imine (C=N–C) groups is 1. The van der Waals surface area contributed by atoms with Gasteiger partial charge in [-0.25, -0.2) is 15.0 Å². The van der Waals surface area contributed by atoms with E-state index in [4.69, 9.17) is 10.7 Å². The van der Waals surface area contributed by atoms with Crippen molar-refractivity contribution in [2.45, 2.75) is 31.7 Å². The highest BCUT2D eigenvalue weighted by Gasteiger charge is 2.31. The number of aromatic nitrogens is 2. The van der Waals surface area contributed by atoms with E-state index in [1.165, 1.54) is 11.1 Å². The molecule has 2 aliphatic rings. The molecule has 1 saturated heterocycles. The number of anilines is 1. The second-order valence-corrected chi connectivity index (χ2v) is 7.19. The normalized spacial score (nSPS) is 22.8. The van der Waals surface area contributed by atoms with Crippen LogP contribution >= 0.6 is 24.0 Å². The molecule has 0 atom stereocenters. The van der Waals surface area contributed by atoms with Crippen molar-refractivity contribution in [2.24, 2.45) is 10.7 Å². The molecule has 0 bridgehead atoms. The summed E-state index contributed by atoms with van der Waals surface area (Å²) in [5, 5.41) is 0. The Morgan fingerprint density at radius 1 is 1.04 bits per heavy atom. The predicted molar refractivity (Wildman–Crippen MR) is 120 cm³/mol. The molecule has 7 heteroatoms. The Balaban J connectivity index is 0.00000210. The minimum atomic E-state index is 0. The van der Waals surface area contributed by atoms with E-state index in [0.717, 1.165) is 45.0 Å². The van der Waals surface area contributed by atoms with Gasteiger partial charge in [-0.2, -0.15) is 0 Å². The second-order valence-electron chi connectivity index (χ2n) is 7.19. The summed E-state index contributed by atoms with van der Waals surface area (Å²) in [6, 6.07) is 10.9. The monoisotopic (exact) mass is 478 g/mol.